The average Bonchev–Trinajstić information content (AvgIpc) is 3.24. The van der Waals surface area contributed by atoms with Crippen LogP contribution in [0.4, 0.5) is 0 Å². The molecule has 4 rings (SSSR count). The van der Waals surface area contributed by atoms with Gasteiger partial charge in [0.2, 0.25) is 5.91 Å². The molecule has 5 nitrogen and oxygen atoms in total. The van der Waals surface area contributed by atoms with Crippen LogP contribution in [0.3, 0.4) is 0 Å². The number of aryl methyl sites for hydroxylation is 2. The second kappa shape index (κ2) is 7.32. The van der Waals surface area contributed by atoms with E-state index in [1.165, 1.54) is 5.56 Å². The molecule has 136 valence electrons. The number of imidazole rings is 1. The molecule has 0 aliphatic carbocycles. The number of thiazole rings is 1. The van der Waals surface area contributed by atoms with E-state index in [2.05, 4.69) is 34.3 Å². The maximum Gasteiger partial charge on any atom is 0.240 e. The molecular formula is C21H20N4OS. The molecule has 2 aromatic heterocycles. The lowest BCUT2D eigenvalue weighted by atomic mass is 10.1. The van der Waals surface area contributed by atoms with Gasteiger partial charge in [-0.1, -0.05) is 36.4 Å². The van der Waals surface area contributed by atoms with Crippen LogP contribution in [0.15, 0.2) is 54.9 Å². The van der Waals surface area contributed by atoms with Gasteiger partial charge in [-0.2, -0.15) is 0 Å². The fourth-order valence-electron chi connectivity index (χ4n) is 3.05. The van der Waals surface area contributed by atoms with E-state index in [1.54, 1.807) is 17.7 Å². The van der Waals surface area contributed by atoms with Crippen LogP contribution in [0.25, 0.3) is 21.6 Å². The average molecular weight is 376 g/mol. The van der Waals surface area contributed by atoms with Crippen LogP contribution in [-0.2, 0) is 17.9 Å². The zero-order valence-corrected chi connectivity index (χ0v) is 16.1. The van der Waals surface area contributed by atoms with Gasteiger partial charge in [-0.15, -0.1) is 11.3 Å². The van der Waals surface area contributed by atoms with Crippen molar-refractivity contribution in [2.75, 3.05) is 0 Å². The summed E-state index contributed by atoms with van der Waals surface area (Å²) in [5, 5.41) is 4.00. The highest BCUT2D eigenvalue weighted by molar-refractivity contribution is 7.15. The summed E-state index contributed by atoms with van der Waals surface area (Å²) < 4.78 is 1.86. The summed E-state index contributed by atoms with van der Waals surface area (Å²) in [5.74, 6) is -0.0385. The lowest BCUT2D eigenvalue weighted by molar-refractivity contribution is -0.121. The predicted octanol–water partition coefficient (Wildman–Crippen LogP) is 4.09. The van der Waals surface area contributed by atoms with E-state index in [9.17, 15) is 4.79 Å². The maximum atomic E-state index is 12.4. The zero-order chi connectivity index (χ0) is 18.8. The fourth-order valence-corrected chi connectivity index (χ4v) is 4.14. The van der Waals surface area contributed by atoms with Crippen molar-refractivity contribution in [1.29, 1.82) is 0 Å². The molecule has 2 heterocycles. The van der Waals surface area contributed by atoms with Gasteiger partial charge in [0, 0.05) is 10.4 Å². The Hall–Kier alpha value is -2.99. The summed E-state index contributed by atoms with van der Waals surface area (Å²) in [7, 11) is 0. The molecule has 6 heteroatoms. The largest absolute Gasteiger partial charge is 0.350 e. The maximum absolute atomic E-state index is 12.4. The van der Waals surface area contributed by atoms with E-state index < -0.39 is 0 Å². The molecule has 0 spiro atoms. The van der Waals surface area contributed by atoms with Gasteiger partial charge in [-0.05, 0) is 31.5 Å². The number of carbonyl (C=O) groups is 1. The van der Waals surface area contributed by atoms with E-state index in [0.717, 1.165) is 32.2 Å². The number of nitrogens with zero attached hydrogens (tertiary/aromatic N) is 3. The number of aromatic nitrogens is 3. The second-order valence-corrected chi connectivity index (χ2v) is 7.56. The molecule has 27 heavy (non-hydrogen) atoms. The predicted molar refractivity (Wildman–Crippen MR) is 109 cm³/mol. The van der Waals surface area contributed by atoms with Gasteiger partial charge >= 0.3 is 0 Å². The Morgan fingerprint density at radius 1 is 1.11 bits per heavy atom. The lowest BCUT2D eigenvalue weighted by Crippen LogP contribution is -2.26. The molecule has 0 atom stereocenters. The van der Waals surface area contributed by atoms with Gasteiger partial charge < -0.3 is 9.88 Å². The molecule has 0 aliphatic heterocycles. The molecule has 0 saturated heterocycles. The summed E-state index contributed by atoms with van der Waals surface area (Å²) in [6.07, 6.45) is 1.71. The van der Waals surface area contributed by atoms with Gasteiger partial charge in [-0.25, -0.2) is 9.97 Å². The molecule has 0 fully saturated rings. The zero-order valence-electron chi connectivity index (χ0n) is 15.3. The highest BCUT2D eigenvalue weighted by Gasteiger charge is 2.13. The molecule has 1 amide bonds. The van der Waals surface area contributed by atoms with Gasteiger partial charge in [0.25, 0.3) is 0 Å². The van der Waals surface area contributed by atoms with Crippen molar-refractivity contribution in [2.24, 2.45) is 0 Å². The van der Waals surface area contributed by atoms with Crippen molar-refractivity contribution < 1.29 is 4.79 Å². The number of para-hydroxylation sites is 2. The van der Waals surface area contributed by atoms with Crippen LogP contribution in [0.5, 0.6) is 0 Å². The van der Waals surface area contributed by atoms with Gasteiger partial charge in [0.05, 0.1) is 29.6 Å². The molecule has 4 aromatic rings. The van der Waals surface area contributed by atoms with Gasteiger partial charge in [-0.3, -0.25) is 4.79 Å². The van der Waals surface area contributed by atoms with Gasteiger partial charge in [0.15, 0.2) is 0 Å². The Morgan fingerprint density at radius 3 is 2.74 bits per heavy atom. The van der Waals surface area contributed by atoms with Crippen molar-refractivity contribution >= 4 is 28.3 Å². The van der Waals surface area contributed by atoms with Crippen molar-refractivity contribution in [3.8, 4) is 10.6 Å². The second-order valence-electron chi connectivity index (χ2n) is 6.48. The number of carbonyl (C=O) groups excluding carboxylic acids is 1. The van der Waals surface area contributed by atoms with E-state index >= 15 is 0 Å². The first-order valence-corrected chi connectivity index (χ1v) is 9.62. The van der Waals surface area contributed by atoms with Crippen LogP contribution >= 0.6 is 11.3 Å². The molecular weight excluding hydrogens is 356 g/mol. The minimum Gasteiger partial charge on any atom is -0.350 e. The number of fused-ring (bicyclic) bond motifs is 1. The number of hydrogen-bond acceptors (Lipinski definition) is 4. The SMILES string of the molecule is Cc1ccccc1-c1nc(C)c(CNC(=O)Cn2cnc3ccccc32)s1. The first-order chi connectivity index (χ1) is 13.1. The van der Waals surface area contributed by atoms with Crippen LogP contribution in [-0.4, -0.2) is 20.4 Å². The van der Waals surface area contributed by atoms with Crippen molar-refractivity contribution in [3.63, 3.8) is 0 Å². The highest BCUT2D eigenvalue weighted by atomic mass is 32.1. The van der Waals surface area contributed by atoms with E-state index in [-0.39, 0.29) is 12.5 Å². The third-order valence-corrected chi connectivity index (χ3v) is 5.75. The molecule has 0 saturated carbocycles. The molecule has 0 unspecified atom stereocenters. The van der Waals surface area contributed by atoms with E-state index in [4.69, 9.17) is 0 Å². The monoisotopic (exact) mass is 376 g/mol. The minimum absolute atomic E-state index is 0.0385. The molecule has 1 N–H and O–H groups in total. The molecule has 0 aliphatic rings. The minimum atomic E-state index is -0.0385. The summed E-state index contributed by atoms with van der Waals surface area (Å²) in [6.45, 7) is 4.82. The topological polar surface area (TPSA) is 59.8 Å². The highest BCUT2D eigenvalue weighted by Crippen LogP contribution is 2.29. The van der Waals surface area contributed by atoms with Crippen molar-refractivity contribution in [2.45, 2.75) is 26.9 Å². The van der Waals surface area contributed by atoms with Crippen LogP contribution in [0, 0.1) is 13.8 Å². The number of rotatable bonds is 5. The van der Waals surface area contributed by atoms with Crippen molar-refractivity contribution in [3.05, 3.63) is 71.0 Å². The third kappa shape index (κ3) is 3.61. The standard InChI is InChI=1S/C21H20N4OS/c1-14-7-3-4-8-16(14)21-24-15(2)19(27-21)11-22-20(26)12-25-13-23-17-9-5-6-10-18(17)25/h3-10,13H,11-12H2,1-2H3,(H,22,26). The first kappa shape index (κ1) is 17.4. The smallest absolute Gasteiger partial charge is 0.240 e. The molecule has 0 radical (unpaired) electrons. The summed E-state index contributed by atoms with van der Waals surface area (Å²) in [5.41, 5.74) is 5.17. The van der Waals surface area contributed by atoms with Crippen LogP contribution < -0.4 is 5.32 Å². The molecule has 0 bridgehead atoms. The Morgan fingerprint density at radius 2 is 1.89 bits per heavy atom. The quantitative estimate of drug-likeness (QED) is 0.571. The Kier molecular flexibility index (Phi) is 4.73. The lowest BCUT2D eigenvalue weighted by Gasteiger charge is -2.06. The van der Waals surface area contributed by atoms with Crippen molar-refractivity contribution in [1.82, 2.24) is 19.9 Å². The summed E-state index contributed by atoms with van der Waals surface area (Å²) in [4.78, 5) is 22.5. The van der Waals surface area contributed by atoms with Crippen LogP contribution in [0.1, 0.15) is 16.1 Å². The fraction of sp³-hybridized carbons (Fsp3) is 0.190. The Bertz CT molecular complexity index is 1110. The number of nitrogens with one attached hydrogen (secondary N) is 1. The first-order valence-electron chi connectivity index (χ1n) is 8.80. The van der Waals surface area contributed by atoms with Gasteiger partial charge in [0.1, 0.15) is 11.6 Å². The Balaban J connectivity index is 1.44. The normalized spacial score (nSPS) is 11.0. The number of amides is 1. The third-order valence-electron chi connectivity index (χ3n) is 4.56. The van der Waals surface area contributed by atoms with E-state index in [1.807, 2.05) is 47.9 Å². The summed E-state index contributed by atoms with van der Waals surface area (Å²) >= 11 is 1.63. The Labute approximate surface area is 161 Å². The number of hydrogen-bond donors (Lipinski definition) is 1. The molecule has 2 aromatic carbocycles. The number of benzene rings is 2. The van der Waals surface area contributed by atoms with Crippen LogP contribution in [0.2, 0.25) is 0 Å². The van der Waals surface area contributed by atoms with E-state index in [0.29, 0.717) is 6.54 Å². The summed E-state index contributed by atoms with van der Waals surface area (Å²) in [6, 6.07) is 16.0.